The molecule has 0 spiro atoms. The van der Waals surface area contributed by atoms with E-state index in [1.54, 1.807) is 0 Å². The summed E-state index contributed by atoms with van der Waals surface area (Å²) < 4.78 is 32.4. The maximum Gasteiger partial charge on any atom is 0.399 e. The molecule has 0 aliphatic heterocycles. The fourth-order valence-electron chi connectivity index (χ4n) is 2.80. The molecular formula is C20H45NO4S. The summed E-state index contributed by atoms with van der Waals surface area (Å²) >= 11 is 0. The fraction of sp³-hybridized carbons (Fsp3) is 1.00. The van der Waals surface area contributed by atoms with Gasteiger partial charge < -0.3 is 6.15 Å². The first kappa shape index (κ1) is 28.0. The molecule has 0 saturated carbocycles. The maximum atomic E-state index is 11.4. The highest BCUT2D eigenvalue weighted by Gasteiger charge is 2.10. The minimum Gasteiger partial charge on any atom is -0.344 e. The van der Waals surface area contributed by atoms with Crippen molar-refractivity contribution in [1.29, 1.82) is 0 Å². The molecule has 26 heavy (non-hydrogen) atoms. The Morgan fingerprint density at radius 3 is 1.19 bits per heavy atom. The Balaban J connectivity index is 0. The molecule has 160 valence electrons. The van der Waals surface area contributed by atoms with Gasteiger partial charge in [-0.1, -0.05) is 104 Å². The van der Waals surface area contributed by atoms with Crippen molar-refractivity contribution in [2.24, 2.45) is 0 Å². The van der Waals surface area contributed by atoms with Crippen molar-refractivity contribution in [3.63, 3.8) is 0 Å². The fourth-order valence-corrected chi connectivity index (χ4v) is 3.51. The second-order valence-electron chi connectivity index (χ2n) is 7.00. The largest absolute Gasteiger partial charge is 0.399 e. The molecule has 0 aliphatic rings. The molecule has 0 unspecified atom stereocenters. The van der Waals surface area contributed by atoms with E-state index in [2.05, 4.69) is 6.92 Å². The first-order valence-corrected chi connectivity index (χ1v) is 12.0. The summed E-state index contributed by atoms with van der Waals surface area (Å²) in [7, 11) is -3.77. The summed E-state index contributed by atoms with van der Waals surface area (Å²) in [5.41, 5.74) is 0. The quantitative estimate of drug-likeness (QED) is 0.231. The van der Waals surface area contributed by atoms with Crippen LogP contribution in [0.25, 0.3) is 0 Å². The highest BCUT2D eigenvalue weighted by atomic mass is 32.3. The molecule has 0 atom stereocenters. The molecule has 0 aromatic carbocycles. The smallest absolute Gasteiger partial charge is 0.344 e. The van der Waals surface area contributed by atoms with Crippen LogP contribution < -0.4 is 6.15 Å². The summed E-state index contributed by atoms with van der Waals surface area (Å²) in [6.45, 7) is 4.72. The van der Waals surface area contributed by atoms with Crippen molar-refractivity contribution in [3.05, 3.63) is 0 Å². The van der Waals surface area contributed by atoms with Crippen molar-refractivity contribution in [1.82, 2.24) is 6.15 Å². The van der Waals surface area contributed by atoms with Crippen LogP contribution in [0.5, 0.6) is 0 Å². The average molecular weight is 396 g/mol. The second-order valence-corrected chi connectivity index (χ2v) is 8.29. The van der Waals surface area contributed by atoms with Gasteiger partial charge in [0, 0.05) is 0 Å². The second kappa shape index (κ2) is 21.1. The summed E-state index contributed by atoms with van der Waals surface area (Å²) in [6, 6.07) is 0. The van der Waals surface area contributed by atoms with E-state index in [9.17, 15) is 8.42 Å². The average Bonchev–Trinajstić information content (AvgIpc) is 2.58. The van der Waals surface area contributed by atoms with Crippen LogP contribution in [-0.4, -0.2) is 21.6 Å². The molecule has 0 heterocycles. The highest BCUT2D eigenvalue weighted by Crippen LogP contribution is 2.13. The van der Waals surface area contributed by atoms with Crippen LogP contribution in [0.4, 0.5) is 0 Å². The SMILES string of the molecule is CCCCCCCCCCCCCCCCOS(=O)(=O)OCCCC.N. The van der Waals surface area contributed by atoms with Gasteiger partial charge in [-0.2, -0.15) is 8.42 Å². The van der Waals surface area contributed by atoms with Crippen LogP contribution in [0.1, 0.15) is 117 Å². The van der Waals surface area contributed by atoms with Crippen LogP contribution in [0, 0.1) is 0 Å². The van der Waals surface area contributed by atoms with Gasteiger partial charge in [0.25, 0.3) is 0 Å². The van der Waals surface area contributed by atoms with Crippen LogP contribution >= 0.6 is 0 Å². The van der Waals surface area contributed by atoms with Crippen LogP contribution in [0.15, 0.2) is 0 Å². The minimum absolute atomic E-state index is 0. The van der Waals surface area contributed by atoms with Crippen LogP contribution in [0.3, 0.4) is 0 Å². The summed E-state index contributed by atoms with van der Waals surface area (Å²) in [5, 5.41) is 0. The zero-order valence-corrected chi connectivity index (χ0v) is 18.3. The van der Waals surface area contributed by atoms with E-state index < -0.39 is 10.4 Å². The van der Waals surface area contributed by atoms with Gasteiger partial charge in [0.05, 0.1) is 13.2 Å². The van der Waals surface area contributed by atoms with Gasteiger partial charge in [0.15, 0.2) is 0 Å². The Bertz CT molecular complexity index is 361. The van der Waals surface area contributed by atoms with Gasteiger partial charge in [0.2, 0.25) is 0 Å². The molecule has 0 aromatic heterocycles. The Hall–Kier alpha value is -0.170. The Labute approximate surface area is 163 Å². The van der Waals surface area contributed by atoms with Gasteiger partial charge in [-0.05, 0) is 12.8 Å². The maximum absolute atomic E-state index is 11.4. The van der Waals surface area contributed by atoms with Gasteiger partial charge in [-0.3, -0.25) is 0 Å². The van der Waals surface area contributed by atoms with E-state index in [4.69, 9.17) is 8.37 Å². The minimum atomic E-state index is -3.77. The lowest BCUT2D eigenvalue weighted by Crippen LogP contribution is -2.11. The van der Waals surface area contributed by atoms with E-state index in [1.165, 1.54) is 70.6 Å². The molecule has 6 heteroatoms. The van der Waals surface area contributed by atoms with E-state index in [0.717, 1.165) is 32.1 Å². The predicted octanol–water partition coefficient (Wildman–Crippen LogP) is 6.71. The third-order valence-electron chi connectivity index (χ3n) is 4.45. The molecule has 0 rings (SSSR count). The molecule has 5 nitrogen and oxygen atoms in total. The Morgan fingerprint density at radius 1 is 0.500 bits per heavy atom. The summed E-state index contributed by atoms with van der Waals surface area (Å²) in [5.74, 6) is 0. The molecular weight excluding hydrogens is 350 g/mol. The summed E-state index contributed by atoms with van der Waals surface area (Å²) in [6.07, 6.45) is 19.6. The zero-order chi connectivity index (χ0) is 18.6. The topological polar surface area (TPSA) is 87.6 Å². The molecule has 0 aliphatic carbocycles. The van der Waals surface area contributed by atoms with Crippen molar-refractivity contribution in [2.75, 3.05) is 13.2 Å². The Kier molecular flexibility index (Phi) is 22.8. The summed E-state index contributed by atoms with van der Waals surface area (Å²) in [4.78, 5) is 0. The van der Waals surface area contributed by atoms with E-state index in [0.29, 0.717) is 0 Å². The molecule has 0 saturated heterocycles. The number of hydrogen-bond donors (Lipinski definition) is 1. The third kappa shape index (κ3) is 21.9. The van der Waals surface area contributed by atoms with E-state index in [-0.39, 0.29) is 19.4 Å². The first-order chi connectivity index (χ1) is 12.1. The molecule has 3 N–H and O–H groups in total. The van der Waals surface area contributed by atoms with Crippen LogP contribution in [0.2, 0.25) is 0 Å². The van der Waals surface area contributed by atoms with Crippen molar-refractivity contribution >= 4 is 10.4 Å². The van der Waals surface area contributed by atoms with E-state index in [1.807, 2.05) is 6.92 Å². The van der Waals surface area contributed by atoms with Gasteiger partial charge in [-0.25, -0.2) is 8.37 Å². The molecule has 0 bridgehead atoms. The lowest BCUT2D eigenvalue weighted by Gasteiger charge is -2.06. The zero-order valence-electron chi connectivity index (χ0n) is 17.5. The standard InChI is InChI=1S/C20H42O4S.H3N/c1-3-5-7-8-9-10-11-12-13-14-15-16-17-18-20-24-25(21,22)23-19-6-4-2;/h3-20H2,1-2H3;1H3. The highest BCUT2D eigenvalue weighted by molar-refractivity contribution is 7.81. The van der Waals surface area contributed by atoms with Gasteiger partial charge in [-0.15, -0.1) is 0 Å². The lowest BCUT2D eigenvalue weighted by atomic mass is 10.0. The molecule has 0 fully saturated rings. The number of rotatable bonds is 20. The predicted molar refractivity (Wildman–Crippen MR) is 111 cm³/mol. The first-order valence-electron chi connectivity index (χ1n) is 10.7. The normalized spacial score (nSPS) is 11.5. The monoisotopic (exact) mass is 395 g/mol. The third-order valence-corrected chi connectivity index (χ3v) is 5.36. The van der Waals surface area contributed by atoms with Crippen molar-refractivity contribution < 1.29 is 16.8 Å². The van der Waals surface area contributed by atoms with Gasteiger partial charge in [0.1, 0.15) is 0 Å². The molecule has 0 radical (unpaired) electrons. The molecule has 0 aromatic rings. The van der Waals surface area contributed by atoms with Crippen molar-refractivity contribution in [3.8, 4) is 0 Å². The van der Waals surface area contributed by atoms with E-state index >= 15 is 0 Å². The number of unbranched alkanes of at least 4 members (excludes halogenated alkanes) is 14. The van der Waals surface area contributed by atoms with Crippen molar-refractivity contribution in [2.45, 2.75) is 117 Å². The number of hydrogen-bond acceptors (Lipinski definition) is 5. The van der Waals surface area contributed by atoms with Crippen LogP contribution in [-0.2, 0) is 18.8 Å². The van der Waals surface area contributed by atoms with Gasteiger partial charge >= 0.3 is 10.4 Å². The lowest BCUT2D eigenvalue weighted by molar-refractivity contribution is 0.209. The molecule has 0 amide bonds. The Morgan fingerprint density at radius 2 is 0.808 bits per heavy atom.